The standard InChI is InChI=1S/C8H14N6O.ClH/c9-4-5-2-1-3-6(5)7(15)10-8-11-13-14-12-8;/h5-6H,1-4,9H2,(H2,10,11,12,13,14,15);1H/t5-,6-;/m1./s1. The highest BCUT2D eigenvalue weighted by atomic mass is 35.5. The van der Waals surface area contributed by atoms with Gasteiger partial charge in [0.15, 0.2) is 0 Å². The highest BCUT2D eigenvalue weighted by molar-refractivity contribution is 5.91. The third-order valence-corrected chi connectivity index (χ3v) is 2.88. The molecular weight excluding hydrogens is 232 g/mol. The van der Waals surface area contributed by atoms with E-state index in [1.165, 1.54) is 0 Å². The maximum atomic E-state index is 11.8. The third-order valence-electron chi connectivity index (χ3n) is 2.88. The smallest absolute Gasteiger partial charge is 0.269 e. The van der Waals surface area contributed by atoms with Crippen LogP contribution in [0.25, 0.3) is 0 Å². The number of tetrazole rings is 1. The quantitative estimate of drug-likeness (QED) is 0.692. The first-order valence-electron chi connectivity index (χ1n) is 5.05. The minimum absolute atomic E-state index is 0. The molecule has 1 heterocycles. The first kappa shape index (κ1) is 12.9. The van der Waals surface area contributed by atoms with Crippen molar-refractivity contribution in [3.63, 3.8) is 0 Å². The molecule has 0 bridgehead atoms. The van der Waals surface area contributed by atoms with Gasteiger partial charge in [0.25, 0.3) is 5.95 Å². The lowest BCUT2D eigenvalue weighted by molar-refractivity contribution is -0.120. The zero-order valence-electron chi connectivity index (χ0n) is 8.72. The number of H-pyrrole nitrogens is 1. The van der Waals surface area contributed by atoms with Crippen molar-refractivity contribution < 1.29 is 4.79 Å². The summed E-state index contributed by atoms with van der Waals surface area (Å²) in [5, 5.41) is 15.6. The number of nitrogens with one attached hydrogen (secondary N) is 2. The predicted octanol–water partition coefficient (Wildman–Crippen LogP) is -0.0650. The van der Waals surface area contributed by atoms with Crippen LogP contribution >= 0.6 is 12.4 Å². The van der Waals surface area contributed by atoms with Crippen molar-refractivity contribution in [2.45, 2.75) is 19.3 Å². The number of rotatable bonds is 3. The number of halogens is 1. The van der Waals surface area contributed by atoms with Crippen molar-refractivity contribution in [3.8, 4) is 0 Å². The Kier molecular flexibility index (Phi) is 4.63. The van der Waals surface area contributed by atoms with Gasteiger partial charge in [-0.2, -0.15) is 5.21 Å². The normalized spacial score (nSPS) is 23.8. The summed E-state index contributed by atoms with van der Waals surface area (Å²) < 4.78 is 0. The summed E-state index contributed by atoms with van der Waals surface area (Å²) in [6, 6.07) is 0. The summed E-state index contributed by atoms with van der Waals surface area (Å²) in [4.78, 5) is 11.8. The maximum Gasteiger partial charge on any atom is 0.269 e. The Balaban J connectivity index is 0.00000128. The largest absolute Gasteiger partial charge is 0.330 e. The monoisotopic (exact) mass is 246 g/mol. The van der Waals surface area contributed by atoms with Crippen LogP contribution in [0.2, 0.25) is 0 Å². The molecule has 1 aromatic heterocycles. The minimum Gasteiger partial charge on any atom is -0.330 e. The molecule has 1 aromatic rings. The van der Waals surface area contributed by atoms with Crippen molar-refractivity contribution >= 4 is 24.3 Å². The number of anilines is 1. The van der Waals surface area contributed by atoms with Crippen LogP contribution in [0.3, 0.4) is 0 Å². The molecular formula is C8H15ClN6O. The summed E-state index contributed by atoms with van der Waals surface area (Å²) in [7, 11) is 0. The number of hydrogen-bond donors (Lipinski definition) is 3. The summed E-state index contributed by atoms with van der Waals surface area (Å²) in [6.45, 7) is 0.560. The zero-order chi connectivity index (χ0) is 10.7. The van der Waals surface area contributed by atoms with E-state index in [9.17, 15) is 4.79 Å². The Morgan fingerprint density at radius 3 is 3.00 bits per heavy atom. The van der Waals surface area contributed by atoms with Gasteiger partial charge in [0.05, 0.1) is 0 Å². The highest BCUT2D eigenvalue weighted by Gasteiger charge is 2.32. The van der Waals surface area contributed by atoms with Crippen molar-refractivity contribution in [2.75, 3.05) is 11.9 Å². The zero-order valence-corrected chi connectivity index (χ0v) is 9.54. The van der Waals surface area contributed by atoms with Crippen LogP contribution in [0.4, 0.5) is 5.95 Å². The van der Waals surface area contributed by atoms with E-state index in [-0.39, 0.29) is 36.1 Å². The SMILES string of the molecule is Cl.NC[C@H]1CCC[C@H]1C(=O)Nc1nn[nH]n1. The average Bonchev–Trinajstić information content (AvgIpc) is 2.86. The summed E-state index contributed by atoms with van der Waals surface area (Å²) in [6.07, 6.45) is 2.98. The van der Waals surface area contributed by atoms with E-state index in [0.717, 1.165) is 19.3 Å². The number of aromatic nitrogens is 4. The molecule has 0 aromatic carbocycles. The number of nitrogens with two attached hydrogens (primary N) is 1. The molecule has 4 N–H and O–H groups in total. The van der Waals surface area contributed by atoms with Gasteiger partial charge < -0.3 is 5.73 Å². The first-order chi connectivity index (χ1) is 7.31. The number of nitrogens with zero attached hydrogens (tertiary/aromatic N) is 3. The lowest BCUT2D eigenvalue weighted by Crippen LogP contribution is -2.30. The van der Waals surface area contributed by atoms with Crippen LogP contribution in [0, 0.1) is 11.8 Å². The minimum atomic E-state index is -0.0515. The molecule has 0 spiro atoms. The fraction of sp³-hybridized carbons (Fsp3) is 0.750. The van der Waals surface area contributed by atoms with E-state index in [1.54, 1.807) is 0 Å². The summed E-state index contributed by atoms with van der Waals surface area (Å²) in [5.74, 6) is 0.456. The average molecular weight is 247 g/mol. The second-order valence-corrected chi connectivity index (χ2v) is 3.76. The van der Waals surface area contributed by atoms with Gasteiger partial charge in [0, 0.05) is 5.92 Å². The van der Waals surface area contributed by atoms with Gasteiger partial charge in [-0.05, 0) is 30.5 Å². The Labute approximate surface area is 99.0 Å². The Bertz CT molecular complexity index is 329. The van der Waals surface area contributed by atoms with E-state index in [1.807, 2.05) is 0 Å². The fourth-order valence-electron chi connectivity index (χ4n) is 2.08. The molecule has 1 aliphatic carbocycles. The van der Waals surface area contributed by atoms with Gasteiger partial charge in [-0.3, -0.25) is 10.1 Å². The summed E-state index contributed by atoms with van der Waals surface area (Å²) in [5.41, 5.74) is 5.61. The number of hydrogen-bond acceptors (Lipinski definition) is 5. The lowest BCUT2D eigenvalue weighted by Gasteiger charge is -2.15. The molecule has 0 aliphatic heterocycles. The van der Waals surface area contributed by atoms with Gasteiger partial charge in [0.1, 0.15) is 0 Å². The van der Waals surface area contributed by atoms with Gasteiger partial charge >= 0.3 is 0 Å². The van der Waals surface area contributed by atoms with Crippen LogP contribution in [0.1, 0.15) is 19.3 Å². The molecule has 0 saturated heterocycles. The maximum absolute atomic E-state index is 11.8. The first-order valence-corrected chi connectivity index (χ1v) is 5.05. The molecule has 90 valence electrons. The van der Waals surface area contributed by atoms with E-state index >= 15 is 0 Å². The van der Waals surface area contributed by atoms with Crippen molar-refractivity contribution in [2.24, 2.45) is 17.6 Å². The van der Waals surface area contributed by atoms with Crippen LogP contribution in [-0.4, -0.2) is 33.1 Å². The Morgan fingerprint density at radius 1 is 1.56 bits per heavy atom. The number of aromatic amines is 1. The molecule has 7 nitrogen and oxygen atoms in total. The topological polar surface area (TPSA) is 110 Å². The van der Waals surface area contributed by atoms with Crippen molar-refractivity contribution in [3.05, 3.63) is 0 Å². The van der Waals surface area contributed by atoms with Gasteiger partial charge in [0.2, 0.25) is 5.91 Å². The molecule has 1 amide bonds. The molecule has 16 heavy (non-hydrogen) atoms. The van der Waals surface area contributed by atoms with E-state index in [0.29, 0.717) is 6.54 Å². The predicted molar refractivity (Wildman–Crippen MR) is 59.9 cm³/mol. The van der Waals surface area contributed by atoms with E-state index < -0.39 is 0 Å². The molecule has 0 unspecified atom stereocenters. The number of amides is 1. The Morgan fingerprint density at radius 2 is 2.38 bits per heavy atom. The second kappa shape index (κ2) is 5.76. The molecule has 1 aliphatic rings. The van der Waals surface area contributed by atoms with Gasteiger partial charge in [-0.1, -0.05) is 11.5 Å². The molecule has 0 radical (unpaired) electrons. The van der Waals surface area contributed by atoms with E-state index in [4.69, 9.17) is 5.73 Å². The van der Waals surface area contributed by atoms with Crippen LogP contribution in [0.5, 0.6) is 0 Å². The highest BCUT2D eigenvalue weighted by Crippen LogP contribution is 2.31. The van der Waals surface area contributed by atoms with Gasteiger partial charge in [-0.25, -0.2) is 0 Å². The molecule has 8 heteroatoms. The van der Waals surface area contributed by atoms with Crippen molar-refractivity contribution in [1.29, 1.82) is 0 Å². The molecule has 2 rings (SSSR count). The van der Waals surface area contributed by atoms with Crippen LogP contribution in [-0.2, 0) is 4.79 Å². The van der Waals surface area contributed by atoms with Crippen LogP contribution in [0.15, 0.2) is 0 Å². The number of carbonyl (C=O) groups excluding carboxylic acids is 1. The summed E-state index contributed by atoms with van der Waals surface area (Å²) >= 11 is 0. The third kappa shape index (κ3) is 2.67. The lowest BCUT2D eigenvalue weighted by atomic mass is 9.95. The van der Waals surface area contributed by atoms with Crippen molar-refractivity contribution in [1.82, 2.24) is 20.6 Å². The molecule has 1 fully saturated rings. The Hall–Kier alpha value is -1.21. The number of carbonyl (C=O) groups is 1. The molecule has 1 saturated carbocycles. The second-order valence-electron chi connectivity index (χ2n) is 3.76. The van der Waals surface area contributed by atoms with Crippen LogP contribution < -0.4 is 11.1 Å². The van der Waals surface area contributed by atoms with Gasteiger partial charge in [-0.15, -0.1) is 17.5 Å². The fourth-order valence-corrected chi connectivity index (χ4v) is 2.08. The molecule has 2 atom stereocenters. The van der Waals surface area contributed by atoms with E-state index in [2.05, 4.69) is 25.9 Å².